The summed E-state index contributed by atoms with van der Waals surface area (Å²) < 4.78 is 29.5. The summed E-state index contributed by atoms with van der Waals surface area (Å²) in [6, 6.07) is 9.55. The molecule has 0 spiro atoms. The van der Waals surface area contributed by atoms with Crippen LogP contribution >= 0.6 is 11.3 Å². The van der Waals surface area contributed by atoms with E-state index in [-0.39, 0.29) is 29.2 Å². The van der Waals surface area contributed by atoms with Crippen molar-refractivity contribution in [2.45, 2.75) is 53.0 Å². The molecule has 228 valence electrons. The van der Waals surface area contributed by atoms with E-state index in [0.29, 0.717) is 38.7 Å². The van der Waals surface area contributed by atoms with Gasteiger partial charge in [-0.05, 0) is 61.7 Å². The first-order chi connectivity index (χ1) is 20.7. The van der Waals surface area contributed by atoms with Gasteiger partial charge in [-0.2, -0.15) is 0 Å². The van der Waals surface area contributed by atoms with Gasteiger partial charge in [-0.15, -0.1) is 0 Å². The first kappa shape index (κ1) is 31.6. The summed E-state index contributed by atoms with van der Waals surface area (Å²) in [6.45, 7) is 7.60. The molecule has 2 heterocycles. The molecule has 0 radical (unpaired) electrons. The van der Waals surface area contributed by atoms with Crippen LogP contribution in [-0.4, -0.2) is 43.9 Å². The minimum Gasteiger partial charge on any atom is -0.493 e. The SMILES string of the molecule is CCCCCOc1ccc(/C=c2/sc3n(c2=O)C(c2ccc(OC(C)=O)c(OC)c2)C(C(=O)OCC)=C(C)N=3)cc1OC. The first-order valence-electron chi connectivity index (χ1n) is 14.1. The maximum absolute atomic E-state index is 14.0. The van der Waals surface area contributed by atoms with E-state index in [0.717, 1.165) is 24.8 Å². The van der Waals surface area contributed by atoms with Crippen LogP contribution in [0.15, 0.2) is 57.5 Å². The maximum atomic E-state index is 14.0. The number of ether oxygens (including phenoxy) is 5. The number of carbonyl (C=O) groups excluding carboxylic acids is 2. The quantitative estimate of drug-likeness (QED) is 0.170. The minimum atomic E-state index is -0.855. The van der Waals surface area contributed by atoms with Crippen molar-refractivity contribution in [2.75, 3.05) is 27.4 Å². The number of fused-ring (bicyclic) bond motifs is 1. The zero-order valence-corrected chi connectivity index (χ0v) is 26.0. The van der Waals surface area contributed by atoms with E-state index < -0.39 is 18.0 Å². The lowest BCUT2D eigenvalue weighted by Gasteiger charge is -2.25. The molecule has 43 heavy (non-hydrogen) atoms. The number of nitrogens with zero attached hydrogens (tertiary/aromatic N) is 2. The lowest BCUT2D eigenvalue weighted by molar-refractivity contribution is -0.139. The van der Waals surface area contributed by atoms with Crippen LogP contribution < -0.4 is 33.8 Å². The molecule has 0 amide bonds. The van der Waals surface area contributed by atoms with Crippen LogP contribution in [0, 0.1) is 0 Å². The molecule has 0 saturated carbocycles. The Morgan fingerprint density at radius 2 is 1.72 bits per heavy atom. The molecule has 1 aromatic heterocycles. The normalized spacial score (nSPS) is 14.6. The highest BCUT2D eigenvalue weighted by Crippen LogP contribution is 2.36. The van der Waals surface area contributed by atoms with Gasteiger partial charge in [-0.1, -0.05) is 43.2 Å². The van der Waals surface area contributed by atoms with Gasteiger partial charge in [0.1, 0.15) is 0 Å². The molecule has 0 N–H and O–H groups in total. The third-order valence-corrected chi connectivity index (χ3v) is 7.75. The molecule has 10 nitrogen and oxygen atoms in total. The smallest absolute Gasteiger partial charge is 0.338 e. The Morgan fingerprint density at radius 3 is 2.40 bits per heavy atom. The second-order valence-electron chi connectivity index (χ2n) is 9.77. The fraction of sp³-hybridized carbons (Fsp3) is 0.375. The number of thiazole rings is 1. The Kier molecular flexibility index (Phi) is 10.4. The molecule has 1 unspecified atom stereocenters. The molecular formula is C32H36N2O8S. The van der Waals surface area contributed by atoms with Crippen molar-refractivity contribution >= 4 is 29.4 Å². The van der Waals surface area contributed by atoms with Crippen molar-refractivity contribution in [1.29, 1.82) is 0 Å². The van der Waals surface area contributed by atoms with E-state index in [1.807, 2.05) is 18.2 Å². The number of benzene rings is 2. The Labute approximate surface area is 253 Å². The zero-order valence-electron chi connectivity index (χ0n) is 25.2. The van der Waals surface area contributed by atoms with E-state index in [9.17, 15) is 14.4 Å². The first-order valence-corrected chi connectivity index (χ1v) is 14.9. The number of carbonyl (C=O) groups is 2. The predicted octanol–water partition coefficient (Wildman–Crippen LogP) is 4.31. The number of unbranched alkanes of at least 4 members (excludes halogenated alkanes) is 2. The highest BCUT2D eigenvalue weighted by Gasteiger charge is 2.34. The van der Waals surface area contributed by atoms with Crippen LogP contribution in [0.25, 0.3) is 6.08 Å². The van der Waals surface area contributed by atoms with Crippen molar-refractivity contribution in [3.8, 4) is 23.0 Å². The summed E-state index contributed by atoms with van der Waals surface area (Å²) in [5, 5.41) is 0. The molecule has 3 aromatic rings. The predicted molar refractivity (Wildman–Crippen MR) is 163 cm³/mol. The van der Waals surface area contributed by atoms with E-state index >= 15 is 0 Å². The molecule has 0 aliphatic carbocycles. The molecule has 0 bridgehead atoms. The van der Waals surface area contributed by atoms with Crippen LogP contribution in [0.5, 0.6) is 23.0 Å². The monoisotopic (exact) mass is 608 g/mol. The minimum absolute atomic E-state index is 0.154. The molecule has 11 heteroatoms. The average molecular weight is 609 g/mol. The highest BCUT2D eigenvalue weighted by molar-refractivity contribution is 7.07. The van der Waals surface area contributed by atoms with Gasteiger partial charge in [0.05, 0.1) is 49.3 Å². The van der Waals surface area contributed by atoms with E-state index in [1.54, 1.807) is 45.2 Å². The largest absolute Gasteiger partial charge is 0.493 e. The molecule has 1 atom stereocenters. The van der Waals surface area contributed by atoms with Crippen molar-refractivity contribution in [3.63, 3.8) is 0 Å². The van der Waals surface area contributed by atoms with Crippen LogP contribution in [0.4, 0.5) is 0 Å². The number of hydrogen-bond acceptors (Lipinski definition) is 10. The number of esters is 2. The molecule has 1 aliphatic heterocycles. The van der Waals surface area contributed by atoms with Crippen molar-refractivity contribution < 1.29 is 33.3 Å². The number of hydrogen-bond donors (Lipinski definition) is 0. The Balaban J connectivity index is 1.83. The third kappa shape index (κ3) is 6.99. The fourth-order valence-corrected chi connectivity index (χ4v) is 5.83. The van der Waals surface area contributed by atoms with Crippen LogP contribution in [0.2, 0.25) is 0 Å². The summed E-state index contributed by atoms with van der Waals surface area (Å²) in [6.07, 6.45) is 4.90. The van der Waals surface area contributed by atoms with Gasteiger partial charge in [0, 0.05) is 6.92 Å². The lowest BCUT2D eigenvalue weighted by atomic mass is 9.95. The van der Waals surface area contributed by atoms with Crippen molar-refractivity contribution in [2.24, 2.45) is 4.99 Å². The van der Waals surface area contributed by atoms with Crippen LogP contribution in [0.3, 0.4) is 0 Å². The summed E-state index contributed by atoms with van der Waals surface area (Å²) in [5.74, 6) is 0.613. The molecule has 2 aromatic carbocycles. The fourth-order valence-electron chi connectivity index (χ4n) is 4.78. The zero-order chi connectivity index (χ0) is 31.1. The van der Waals surface area contributed by atoms with E-state index in [4.69, 9.17) is 23.7 Å². The summed E-state index contributed by atoms with van der Waals surface area (Å²) in [4.78, 5) is 43.8. The van der Waals surface area contributed by atoms with Gasteiger partial charge in [-0.3, -0.25) is 14.2 Å². The second-order valence-corrected chi connectivity index (χ2v) is 10.8. The third-order valence-electron chi connectivity index (χ3n) is 6.77. The topological polar surface area (TPSA) is 115 Å². The number of rotatable bonds is 12. The van der Waals surface area contributed by atoms with Crippen molar-refractivity contribution in [1.82, 2.24) is 4.57 Å². The van der Waals surface area contributed by atoms with Crippen molar-refractivity contribution in [3.05, 3.63) is 78.5 Å². The standard InChI is InChI=1S/C32H36N2O8S/c1-7-9-10-15-41-23-13-11-21(16-25(23)38-5)17-27-30(36)34-29(22-12-14-24(42-20(4)35)26(18-22)39-6)28(31(37)40-8-2)19(3)33-32(34)43-27/h11-14,16-18,29H,7-10,15H2,1-6H3/b27-17+. The van der Waals surface area contributed by atoms with Gasteiger partial charge in [0.25, 0.3) is 5.56 Å². The lowest BCUT2D eigenvalue weighted by Crippen LogP contribution is -2.40. The van der Waals surface area contributed by atoms with Gasteiger partial charge >= 0.3 is 11.9 Å². The van der Waals surface area contributed by atoms with E-state index in [1.165, 1.54) is 29.9 Å². The molecule has 0 fully saturated rings. The van der Waals surface area contributed by atoms with Gasteiger partial charge in [0.15, 0.2) is 27.8 Å². The molecule has 0 saturated heterocycles. The van der Waals surface area contributed by atoms with Gasteiger partial charge in [-0.25, -0.2) is 9.79 Å². The van der Waals surface area contributed by atoms with Gasteiger partial charge in [0.2, 0.25) is 0 Å². The Hall–Kier alpha value is -4.38. The maximum Gasteiger partial charge on any atom is 0.338 e. The summed E-state index contributed by atoms with van der Waals surface area (Å²) in [5.41, 5.74) is 1.64. The van der Waals surface area contributed by atoms with E-state index in [2.05, 4.69) is 11.9 Å². The molecule has 1 aliphatic rings. The van der Waals surface area contributed by atoms with Crippen LogP contribution in [-0.2, 0) is 14.3 Å². The number of aromatic nitrogens is 1. The average Bonchev–Trinajstić information content (AvgIpc) is 3.28. The highest BCUT2D eigenvalue weighted by atomic mass is 32.1. The molecule has 4 rings (SSSR count). The summed E-state index contributed by atoms with van der Waals surface area (Å²) in [7, 11) is 3.02. The Morgan fingerprint density at radius 1 is 1.00 bits per heavy atom. The number of methoxy groups -OCH3 is 2. The Bertz CT molecular complexity index is 1720. The molecular weight excluding hydrogens is 572 g/mol. The number of allylic oxidation sites excluding steroid dienone is 1. The van der Waals surface area contributed by atoms with Gasteiger partial charge < -0.3 is 23.7 Å². The second kappa shape index (κ2) is 14.2. The van der Waals surface area contributed by atoms with Crippen LogP contribution in [0.1, 0.15) is 64.1 Å². The summed E-state index contributed by atoms with van der Waals surface area (Å²) >= 11 is 1.21.